The van der Waals surface area contributed by atoms with Gasteiger partial charge in [0.25, 0.3) is 0 Å². The minimum Gasteiger partial charge on any atom is -0.426 e. The Morgan fingerprint density at radius 3 is 2.28 bits per heavy atom. The highest BCUT2D eigenvalue weighted by Crippen LogP contribution is 2.29. The van der Waals surface area contributed by atoms with Crippen molar-refractivity contribution < 1.29 is 22.7 Å². The summed E-state index contributed by atoms with van der Waals surface area (Å²) in [6.07, 6.45) is -3.40. The summed E-state index contributed by atoms with van der Waals surface area (Å²) >= 11 is 0. The number of halogens is 3. The van der Waals surface area contributed by atoms with Crippen LogP contribution in [0.3, 0.4) is 0 Å². The molecule has 0 unspecified atom stereocenters. The van der Waals surface area contributed by atoms with Crippen LogP contribution in [0.1, 0.15) is 44.7 Å². The molecule has 1 aromatic rings. The second-order valence-electron chi connectivity index (χ2n) is 7.82. The molecule has 1 heterocycles. The molecule has 3 nitrogen and oxygen atoms in total. The number of hydrogen-bond donors (Lipinski definition) is 0. The summed E-state index contributed by atoms with van der Waals surface area (Å²) in [5.74, 6) is -0.167. The second-order valence-corrected chi connectivity index (χ2v) is 7.82. The lowest BCUT2D eigenvalue weighted by Gasteiger charge is -2.31. The SMILES string of the molecule is Cc1cc(C(C)(C)C)ccc1OC(=O)C1CCN(CC(F)(F)F)CC1. The Labute approximate surface area is 147 Å². The fourth-order valence-corrected chi connectivity index (χ4v) is 3.00. The summed E-state index contributed by atoms with van der Waals surface area (Å²) in [7, 11) is 0. The highest BCUT2D eigenvalue weighted by atomic mass is 19.4. The monoisotopic (exact) mass is 357 g/mol. The number of benzene rings is 1. The Kier molecular flexibility index (Phi) is 5.82. The zero-order chi connectivity index (χ0) is 18.8. The summed E-state index contributed by atoms with van der Waals surface area (Å²) in [6.45, 7) is 7.85. The number of rotatable bonds is 3. The molecule has 0 aliphatic carbocycles. The molecule has 0 saturated carbocycles. The van der Waals surface area contributed by atoms with E-state index in [1.807, 2.05) is 19.1 Å². The van der Waals surface area contributed by atoms with Crippen LogP contribution in [0.2, 0.25) is 0 Å². The number of nitrogens with zero attached hydrogens (tertiary/aromatic N) is 1. The standard InChI is InChI=1S/C19H26F3NO2/c1-13-11-15(18(2,3)4)5-6-16(13)25-17(24)14-7-9-23(10-8-14)12-19(20,21)22/h5-6,11,14H,7-10,12H2,1-4H3. The molecule has 0 spiro atoms. The van der Waals surface area contributed by atoms with Crippen molar-refractivity contribution in [3.8, 4) is 5.75 Å². The fourth-order valence-electron chi connectivity index (χ4n) is 3.00. The van der Waals surface area contributed by atoms with Crippen LogP contribution in [-0.2, 0) is 10.2 Å². The van der Waals surface area contributed by atoms with E-state index < -0.39 is 12.7 Å². The predicted molar refractivity (Wildman–Crippen MR) is 90.7 cm³/mol. The number of carbonyl (C=O) groups excluding carboxylic acids is 1. The Morgan fingerprint density at radius 1 is 1.20 bits per heavy atom. The molecule has 0 N–H and O–H groups in total. The summed E-state index contributed by atoms with van der Waals surface area (Å²) in [5.41, 5.74) is 2.05. The Hall–Kier alpha value is -1.56. The molecule has 6 heteroatoms. The highest BCUT2D eigenvalue weighted by Gasteiger charge is 2.34. The third kappa shape index (κ3) is 5.73. The van der Waals surface area contributed by atoms with Gasteiger partial charge in [0.15, 0.2) is 0 Å². The molecule has 1 saturated heterocycles. The van der Waals surface area contributed by atoms with Crippen LogP contribution in [-0.4, -0.2) is 36.7 Å². The third-order valence-corrected chi connectivity index (χ3v) is 4.58. The molecule has 1 aliphatic heterocycles. The van der Waals surface area contributed by atoms with Crippen LogP contribution in [0, 0.1) is 12.8 Å². The number of piperidine rings is 1. The van der Waals surface area contributed by atoms with Crippen molar-refractivity contribution in [3.05, 3.63) is 29.3 Å². The summed E-state index contributed by atoms with van der Waals surface area (Å²) < 4.78 is 42.7. The van der Waals surface area contributed by atoms with Crippen LogP contribution in [0.4, 0.5) is 13.2 Å². The molecule has 1 aliphatic rings. The summed E-state index contributed by atoms with van der Waals surface area (Å²) in [5, 5.41) is 0. The highest BCUT2D eigenvalue weighted by molar-refractivity contribution is 5.75. The molecule has 0 aromatic heterocycles. The Morgan fingerprint density at radius 2 is 1.80 bits per heavy atom. The van der Waals surface area contributed by atoms with Crippen molar-refractivity contribution >= 4 is 5.97 Å². The fraction of sp³-hybridized carbons (Fsp3) is 0.632. The molecule has 0 bridgehead atoms. The lowest BCUT2D eigenvalue weighted by atomic mass is 9.86. The van der Waals surface area contributed by atoms with Crippen LogP contribution in [0.5, 0.6) is 5.75 Å². The van der Waals surface area contributed by atoms with Crippen molar-refractivity contribution in [1.29, 1.82) is 0 Å². The molecule has 1 aromatic carbocycles. The lowest BCUT2D eigenvalue weighted by molar-refractivity contribution is -0.151. The van der Waals surface area contributed by atoms with E-state index in [4.69, 9.17) is 4.74 Å². The molecule has 2 rings (SSSR count). The maximum absolute atomic E-state index is 12.4. The second kappa shape index (κ2) is 7.36. The zero-order valence-corrected chi connectivity index (χ0v) is 15.2. The third-order valence-electron chi connectivity index (χ3n) is 4.58. The van der Waals surface area contributed by atoms with Crippen molar-refractivity contribution in [2.45, 2.75) is 52.1 Å². The van der Waals surface area contributed by atoms with Gasteiger partial charge < -0.3 is 4.74 Å². The van der Waals surface area contributed by atoms with E-state index in [2.05, 4.69) is 20.8 Å². The smallest absolute Gasteiger partial charge is 0.401 e. The zero-order valence-electron chi connectivity index (χ0n) is 15.2. The normalized spacial score (nSPS) is 17.6. The first kappa shape index (κ1) is 19.8. The average molecular weight is 357 g/mol. The number of carbonyl (C=O) groups is 1. The first-order valence-corrected chi connectivity index (χ1v) is 8.57. The van der Waals surface area contributed by atoms with Gasteiger partial charge in [-0.05, 0) is 55.5 Å². The topological polar surface area (TPSA) is 29.5 Å². The van der Waals surface area contributed by atoms with Crippen LogP contribution < -0.4 is 4.74 Å². The Bertz CT molecular complexity index is 612. The van der Waals surface area contributed by atoms with E-state index in [-0.39, 0.29) is 30.4 Å². The molecule has 140 valence electrons. The number of alkyl halides is 3. The minimum absolute atomic E-state index is 0.0125. The van der Waals surface area contributed by atoms with Crippen molar-refractivity contribution in [2.75, 3.05) is 19.6 Å². The van der Waals surface area contributed by atoms with Gasteiger partial charge in [-0.3, -0.25) is 9.69 Å². The van der Waals surface area contributed by atoms with Crippen LogP contribution >= 0.6 is 0 Å². The average Bonchev–Trinajstić information content (AvgIpc) is 2.47. The van der Waals surface area contributed by atoms with E-state index in [1.165, 1.54) is 4.90 Å². The Balaban J connectivity index is 1.93. The number of likely N-dealkylation sites (tertiary alicyclic amines) is 1. The first-order chi connectivity index (χ1) is 11.5. The van der Waals surface area contributed by atoms with E-state index in [1.54, 1.807) is 6.07 Å². The van der Waals surface area contributed by atoms with E-state index in [0.29, 0.717) is 18.6 Å². The minimum atomic E-state index is -4.20. The lowest BCUT2D eigenvalue weighted by Crippen LogP contribution is -2.42. The van der Waals surface area contributed by atoms with E-state index in [9.17, 15) is 18.0 Å². The van der Waals surface area contributed by atoms with Gasteiger partial charge in [-0.1, -0.05) is 32.9 Å². The van der Waals surface area contributed by atoms with Gasteiger partial charge in [0.2, 0.25) is 0 Å². The number of aryl methyl sites for hydroxylation is 1. The molecular formula is C19H26F3NO2. The molecule has 0 atom stereocenters. The van der Waals surface area contributed by atoms with Gasteiger partial charge in [0.05, 0.1) is 12.5 Å². The predicted octanol–water partition coefficient (Wildman–Crippen LogP) is 4.47. The van der Waals surface area contributed by atoms with Gasteiger partial charge in [-0.25, -0.2) is 0 Å². The first-order valence-electron chi connectivity index (χ1n) is 8.57. The van der Waals surface area contributed by atoms with Crippen molar-refractivity contribution in [1.82, 2.24) is 4.90 Å². The quantitative estimate of drug-likeness (QED) is 0.590. The van der Waals surface area contributed by atoms with Gasteiger partial charge in [-0.2, -0.15) is 13.2 Å². The molecular weight excluding hydrogens is 331 g/mol. The molecule has 1 fully saturated rings. The number of ether oxygens (including phenoxy) is 1. The van der Waals surface area contributed by atoms with Crippen molar-refractivity contribution in [2.24, 2.45) is 5.92 Å². The van der Waals surface area contributed by atoms with Crippen LogP contribution in [0.15, 0.2) is 18.2 Å². The summed E-state index contributed by atoms with van der Waals surface area (Å²) in [4.78, 5) is 13.7. The maximum Gasteiger partial charge on any atom is 0.401 e. The van der Waals surface area contributed by atoms with E-state index >= 15 is 0 Å². The van der Waals surface area contributed by atoms with Gasteiger partial charge >= 0.3 is 12.1 Å². The van der Waals surface area contributed by atoms with Gasteiger partial charge in [-0.15, -0.1) is 0 Å². The molecule has 0 amide bonds. The summed E-state index contributed by atoms with van der Waals surface area (Å²) in [6, 6.07) is 5.75. The maximum atomic E-state index is 12.4. The number of hydrogen-bond acceptors (Lipinski definition) is 3. The molecule has 25 heavy (non-hydrogen) atoms. The van der Waals surface area contributed by atoms with E-state index in [0.717, 1.165) is 11.1 Å². The largest absolute Gasteiger partial charge is 0.426 e. The van der Waals surface area contributed by atoms with Crippen molar-refractivity contribution in [3.63, 3.8) is 0 Å². The van der Waals surface area contributed by atoms with Gasteiger partial charge in [0.1, 0.15) is 5.75 Å². The number of esters is 1. The van der Waals surface area contributed by atoms with Gasteiger partial charge in [0, 0.05) is 0 Å². The van der Waals surface area contributed by atoms with Crippen LogP contribution in [0.25, 0.3) is 0 Å². The molecule has 0 radical (unpaired) electrons.